The smallest absolute Gasteiger partial charge is 0.303 e. The van der Waals surface area contributed by atoms with Gasteiger partial charge in [-0.15, -0.1) is 0 Å². The van der Waals surface area contributed by atoms with Crippen molar-refractivity contribution in [1.82, 2.24) is 4.98 Å². The number of aromatic nitrogens is 1. The largest absolute Gasteiger partial charge is 0.481 e. The van der Waals surface area contributed by atoms with E-state index in [1.807, 2.05) is 24.3 Å². The molecule has 0 atom stereocenters. The fourth-order valence-corrected chi connectivity index (χ4v) is 4.50. The van der Waals surface area contributed by atoms with Crippen molar-refractivity contribution in [2.75, 3.05) is 4.72 Å². The van der Waals surface area contributed by atoms with E-state index in [-0.39, 0.29) is 11.3 Å². The summed E-state index contributed by atoms with van der Waals surface area (Å²) in [5.41, 5.74) is 3.34. The third kappa shape index (κ3) is 7.44. The second kappa shape index (κ2) is 11.6. The Balaban J connectivity index is 1.74. The third-order valence-electron chi connectivity index (χ3n) is 4.99. The average molecular weight is 485 g/mol. The molecule has 3 aromatic rings. The highest BCUT2D eigenvalue weighted by molar-refractivity contribution is 7.92. The molecule has 172 valence electrons. The molecule has 0 bridgehead atoms. The number of nitrogens with zero attached hydrogens (tertiary/aromatic N) is 1. The Bertz CT molecular complexity index is 1190. The van der Waals surface area contributed by atoms with Crippen LogP contribution < -0.4 is 4.72 Å². The van der Waals surface area contributed by atoms with Gasteiger partial charge in [-0.05, 0) is 72.9 Å². The zero-order chi connectivity index (χ0) is 23.7. The summed E-state index contributed by atoms with van der Waals surface area (Å²) in [5.74, 6) is -0.770. The highest BCUT2D eigenvalue weighted by Crippen LogP contribution is 2.26. The topological polar surface area (TPSA) is 96.4 Å². The molecule has 0 aliphatic carbocycles. The fourth-order valence-electron chi connectivity index (χ4n) is 3.31. The van der Waals surface area contributed by atoms with E-state index in [0.29, 0.717) is 17.1 Å². The number of rotatable bonds is 11. The number of carboxylic acid groups (broad SMARTS) is 1. The molecule has 3 rings (SSSR count). The van der Waals surface area contributed by atoms with Gasteiger partial charge in [0, 0.05) is 35.1 Å². The monoisotopic (exact) mass is 484 g/mol. The van der Waals surface area contributed by atoms with Gasteiger partial charge in [0.15, 0.2) is 0 Å². The minimum atomic E-state index is -3.72. The first-order valence-corrected chi connectivity index (χ1v) is 12.4. The molecular weight excluding hydrogens is 460 g/mol. The van der Waals surface area contributed by atoms with Crippen LogP contribution in [0.1, 0.15) is 43.2 Å². The predicted octanol–water partition coefficient (Wildman–Crippen LogP) is 6.00. The van der Waals surface area contributed by atoms with Gasteiger partial charge in [-0.2, -0.15) is 0 Å². The van der Waals surface area contributed by atoms with Crippen LogP contribution in [0.4, 0.5) is 5.69 Å². The number of carboxylic acids is 1. The van der Waals surface area contributed by atoms with Gasteiger partial charge in [-0.25, -0.2) is 8.42 Å². The van der Waals surface area contributed by atoms with Crippen LogP contribution in [0.25, 0.3) is 5.57 Å². The summed E-state index contributed by atoms with van der Waals surface area (Å²) < 4.78 is 27.8. The van der Waals surface area contributed by atoms with E-state index in [1.54, 1.807) is 24.5 Å². The summed E-state index contributed by atoms with van der Waals surface area (Å²) in [6, 6.07) is 17.0. The molecule has 0 amide bonds. The molecule has 0 fully saturated rings. The molecule has 0 radical (unpaired) electrons. The van der Waals surface area contributed by atoms with Crippen LogP contribution in [-0.2, 0) is 14.8 Å². The van der Waals surface area contributed by atoms with Crippen molar-refractivity contribution in [3.05, 3.63) is 95.3 Å². The first kappa shape index (κ1) is 24.5. The highest BCUT2D eigenvalue weighted by atomic mass is 35.5. The molecule has 1 aromatic heterocycles. The molecule has 0 aliphatic heterocycles. The predicted molar refractivity (Wildman–Crippen MR) is 131 cm³/mol. The lowest BCUT2D eigenvalue weighted by Crippen LogP contribution is -2.12. The maximum absolute atomic E-state index is 12.6. The summed E-state index contributed by atoms with van der Waals surface area (Å²) in [7, 11) is -3.72. The summed E-state index contributed by atoms with van der Waals surface area (Å²) in [6.07, 6.45) is 8.99. The minimum Gasteiger partial charge on any atom is -0.481 e. The van der Waals surface area contributed by atoms with Gasteiger partial charge in [-0.1, -0.05) is 42.3 Å². The van der Waals surface area contributed by atoms with Gasteiger partial charge < -0.3 is 5.11 Å². The number of hydrogen-bond donors (Lipinski definition) is 2. The van der Waals surface area contributed by atoms with Gasteiger partial charge in [0.1, 0.15) is 0 Å². The molecule has 0 aliphatic rings. The molecule has 1 heterocycles. The van der Waals surface area contributed by atoms with Crippen molar-refractivity contribution in [2.45, 2.75) is 37.0 Å². The number of benzene rings is 2. The van der Waals surface area contributed by atoms with Crippen LogP contribution in [0.5, 0.6) is 0 Å². The Morgan fingerprint density at radius 2 is 1.70 bits per heavy atom. The molecule has 8 heteroatoms. The van der Waals surface area contributed by atoms with Crippen molar-refractivity contribution >= 4 is 38.9 Å². The molecular formula is C25H25ClN2O4S. The lowest BCUT2D eigenvalue weighted by atomic mass is 9.97. The number of allylic oxidation sites excluding steroid dienone is 1. The zero-order valence-electron chi connectivity index (χ0n) is 17.9. The molecule has 0 spiro atoms. The van der Waals surface area contributed by atoms with E-state index in [2.05, 4.69) is 15.8 Å². The Hall–Kier alpha value is -3.16. The lowest BCUT2D eigenvalue weighted by molar-refractivity contribution is -0.137. The number of anilines is 1. The quantitative estimate of drug-likeness (QED) is 0.325. The van der Waals surface area contributed by atoms with Gasteiger partial charge in [0.2, 0.25) is 0 Å². The summed E-state index contributed by atoms with van der Waals surface area (Å²) >= 11 is 5.84. The van der Waals surface area contributed by atoms with E-state index in [4.69, 9.17) is 16.7 Å². The average Bonchev–Trinajstić information content (AvgIpc) is 2.80. The second-order valence-electron chi connectivity index (χ2n) is 7.49. The van der Waals surface area contributed by atoms with E-state index < -0.39 is 16.0 Å². The maximum atomic E-state index is 12.6. The molecule has 6 nitrogen and oxygen atoms in total. The Morgan fingerprint density at radius 1 is 0.970 bits per heavy atom. The number of carbonyl (C=O) groups is 1. The molecule has 2 N–H and O–H groups in total. The SMILES string of the molecule is O=C(O)CCCCCC=C(c1ccc(NS(=O)(=O)c2ccc(Cl)cc2)cc1)c1cccnc1. The number of unbranched alkanes of at least 4 members (excludes halogenated alkanes) is 3. The number of hydrogen-bond acceptors (Lipinski definition) is 4. The zero-order valence-corrected chi connectivity index (χ0v) is 19.5. The maximum Gasteiger partial charge on any atom is 0.303 e. The summed E-state index contributed by atoms with van der Waals surface area (Å²) in [6.45, 7) is 0. The van der Waals surface area contributed by atoms with Gasteiger partial charge in [0.05, 0.1) is 4.90 Å². The van der Waals surface area contributed by atoms with Gasteiger partial charge >= 0.3 is 5.97 Å². The van der Waals surface area contributed by atoms with Crippen LogP contribution in [-0.4, -0.2) is 24.5 Å². The standard InChI is InChI=1S/C25H25ClN2O4S/c26-21-11-15-23(16-12-21)33(31,32)28-22-13-9-19(10-14-22)24(20-6-5-17-27-18-20)7-3-1-2-4-8-25(29)30/h5-7,9-18,28H,1-4,8H2,(H,29,30). The van der Waals surface area contributed by atoms with Crippen LogP contribution in [0.3, 0.4) is 0 Å². The van der Waals surface area contributed by atoms with E-state index in [9.17, 15) is 13.2 Å². The first-order valence-electron chi connectivity index (χ1n) is 10.6. The Morgan fingerprint density at radius 3 is 2.33 bits per heavy atom. The van der Waals surface area contributed by atoms with E-state index in [0.717, 1.165) is 36.0 Å². The van der Waals surface area contributed by atoms with Gasteiger partial charge in [0.25, 0.3) is 10.0 Å². The number of nitrogens with one attached hydrogen (secondary N) is 1. The van der Waals surface area contributed by atoms with Crippen molar-refractivity contribution < 1.29 is 18.3 Å². The van der Waals surface area contributed by atoms with Crippen LogP contribution in [0.2, 0.25) is 5.02 Å². The molecule has 2 aromatic carbocycles. The van der Waals surface area contributed by atoms with E-state index >= 15 is 0 Å². The summed E-state index contributed by atoms with van der Waals surface area (Å²) in [5, 5.41) is 9.22. The third-order valence-corrected chi connectivity index (χ3v) is 6.64. The second-order valence-corrected chi connectivity index (χ2v) is 9.61. The first-order chi connectivity index (χ1) is 15.8. The number of aliphatic carboxylic acids is 1. The molecule has 33 heavy (non-hydrogen) atoms. The van der Waals surface area contributed by atoms with Crippen LogP contribution in [0.15, 0.2) is 84.0 Å². The van der Waals surface area contributed by atoms with Crippen LogP contribution >= 0.6 is 11.6 Å². The molecule has 0 unspecified atom stereocenters. The highest BCUT2D eigenvalue weighted by Gasteiger charge is 2.14. The lowest BCUT2D eigenvalue weighted by Gasteiger charge is -2.11. The fraction of sp³-hybridized carbons (Fsp3) is 0.200. The molecule has 0 saturated carbocycles. The number of halogens is 1. The molecule has 0 saturated heterocycles. The Kier molecular flexibility index (Phi) is 8.63. The number of sulfonamides is 1. The van der Waals surface area contributed by atoms with Crippen molar-refractivity contribution in [3.63, 3.8) is 0 Å². The van der Waals surface area contributed by atoms with Gasteiger partial charge in [-0.3, -0.25) is 14.5 Å². The van der Waals surface area contributed by atoms with Crippen molar-refractivity contribution in [2.24, 2.45) is 0 Å². The van der Waals surface area contributed by atoms with E-state index in [1.165, 1.54) is 24.3 Å². The normalized spacial score (nSPS) is 11.8. The summed E-state index contributed by atoms with van der Waals surface area (Å²) in [4.78, 5) is 15.0. The van der Waals surface area contributed by atoms with Crippen LogP contribution in [0, 0.1) is 0 Å². The van der Waals surface area contributed by atoms with Crippen molar-refractivity contribution in [3.8, 4) is 0 Å². The van der Waals surface area contributed by atoms with Crippen molar-refractivity contribution in [1.29, 1.82) is 0 Å². The Labute approximate surface area is 199 Å². The number of pyridine rings is 1. The minimum absolute atomic E-state index is 0.134.